The van der Waals surface area contributed by atoms with Crippen LogP contribution in [0.2, 0.25) is 0 Å². The Labute approximate surface area is 145 Å². The number of ether oxygens (including phenoxy) is 3. The van der Waals surface area contributed by atoms with E-state index >= 15 is 0 Å². The molecule has 132 valence electrons. The van der Waals surface area contributed by atoms with Crippen LogP contribution in [0.1, 0.15) is 15.9 Å². The number of hydrogen-bond donors (Lipinski definition) is 2. The minimum Gasteiger partial charge on any atom is -0.453 e. The zero-order chi connectivity index (χ0) is 17.6. The van der Waals surface area contributed by atoms with Gasteiger partial charge in [0.1, 0.15) is 12.2 Å². The first-order valence-electron chi connectivity index (χ1n) is 8.04. The Hall–Kier alpha value is -2.25. The summed E-state index contributed by atoms with van der Waals surface area (Å²) in [6, 6.07) is 17.9. The van der Waals surface area contributed by atoms with Gasteiger partial charge in [0.15, 0.2) is 12.4 Å². The highest BCUT2D eigenvalue weighted by atomic mass is 16.7. The monoisotopic (exact) mass is 344 g/mol. The van der Waals surface area contributed by atoms with Gasteiger partial charge in [-0.05, 0) is 17.7 Å². The third-order valence-electron chi connectivity index (χ3n) is 3.96. The number of benzene rings is 2. The van der Waals surface area contributed by atoms with Crippen LogP contribution in [0.15, 0.2) is 60.7 Å². The first-order valence-corrected chi connectivity index (χ1v) is 8.04. The maximum absolute atomic E-state index is 12.1. The quantitative estimate of drug-likeness (QED) is 0.800. The van der Waals surface area contributed by atoms with E-state index in [4.69, 9.17) is 14.2 Å². The summed E-state index contributed by atoms with van der Waals surface area (Å²) in [7, 11) is 0. The van der Waals surface area contributed by atoms with Crippen LogP contribution in [-0.2, 0) is 20.8 Å². The zero-order valence-corrected chi connectivity index (χ0v) is 13.5. The van der Waals surface area contributed by atoms with Crippen LogP contribution in [0.5, 0.6) is 0 Å². The molecule has 2 N–H and O–H groups in total. The summed E-state index contributed by atoms with van der Waals surface area (Å²) in [5.41, 5.74) is 1.29. The molecule has 0 radical (unpaired) electrons. The van der Waals surface area contributed by atoms with Crippen LogP contribution in [0.25, 0.3) is 0 Å². The van der Waals surface area contributed by atoms with E-state index in [1.165, 1.54) is 0 Å². The van der Waals surface area contributed by atoms with Crippen LogP contribution in [0.3, 0.4) is 0 Å². The predicted octanol–water partition coefficient (Wildman–Crippen LogP) is 1.51. The third-order valence-corrected chi connectivity index (χ3v) is 3.96. The van der Waals surface area contributed by atoms with Gasteiger partial charge in [0.05, 0.1) is 18.8 Å². The number of hydrogen-bond acceptors (Lipinski definition) is 6. The Kier molecular flexibility index (Phi) is 5.78. The van der Waals surface area contributed by atoms with Crippen LogP contribution in [0.4, 0.5) is 0 Å². The van der Waals surface area contributed by atoms with Gasteiger partial charge in [0.2, 0.25) is 0 Å². The maximum Gasteiger partial charge on any atom is 0.338 e. The molecule has 1 fully saturated rings. The van der Waals surface area contributed by atoms with Gasteiger partial charge in [-0.1, -0.05) is 48.5 Å². The maximum atomic E-state index is 12.1. The van der Waals surface area contributed by atoms with Crippen molar-refractivity contribution in [1.82, 2.24) is 0 Å². The number of rotatable bonds is 5. The Morgan fingerprint density at radius 2 is 1.64 bits per heavy atom. The molecule has 2 aromatic carbocycles. The lowest BCUT2D eigenvalue weighted by Gasteiger charge is -2.36. The fraction of sp³-hybridized carbons (Fsp3) is 0.316. The molecule has 25 heavy (non-hydrogen) atoms. The molecule has 6 nitrogen and oxygen atoms in total. The topological polar surface area (TPSA) is 85.2 Å². The molecule has 6 heteroatoms. The highest BCUT2D eigenvalue weighted by Crippen LogP contribution is 2.21. The molecular formula is C19H20O6. The summed E-state index contributed by atoms with van der Waals surface area (Å²) in [6.45, 7) is 0.181. The van der Waals surface area contributed by atoms with Crippen molar-refractivity contribution in [3.8, 4) is 0 Å². The highest BCUT2D eigenvalue weighted by Gasteiger charge is 2.41. The Morgan fingerprint density at radius 1 is 1.00 bits per heavy atom. The van der Waals surface area contributed by atoms with Crippen molar-refractivity contribution < 1.29 is 29.2 Å². The molecule has 1 saturated heterocycles. The number of carbonyl (C=O) groups is 1. The van der Waals surface area contributed by atoms with E-state index in [0.717, 1.165) is 5.56 Å². The number of carbonyl (C=O) groups excluding carboxylic acids is 1. The minimum atomic E-state index is -1.31. The molecular weight excluding hydrogens is 324 g/mol. The lowest BCUT2D eigenvalue weighted by atomic mass is 10.1. The molecule has 0 saturated carbocycles. The molecule has 0 spiro atoms. The summed E-state index contributed by atoms with van der Waals surface area (Å²) in [5, 5.41) is 20.4. The Balaban J connectivity index is 1.54. The van der Waals surface area contributed by atoms with Gasteiger partial charge >= 0.3 is 5.97 Å². The van der Waals surface area contributed by atoms with Gasteiger partial charge in [0.25, 0.3) is 0 Å². The molecule has 0 aliphatic carbocycles. The first-order chi connectivity index (χ1) is 12.1. The summed E-state index contributed by atoms with van der Waals surface area (Å²) in [4.78, 5) is 12.1. The molecule has 3 rings (SSSR count). The molecule has 4 atom stereocenters. The molecule has 2 aromatic rings. The van der Waals surface area contributed by atoms with Crippen molar-refractivity contribution in [2.24, 2.45) is 0 Å². The summed E-state index contributed by atoms with van der Waals surface area (Å²) in [5.74, 6) is -0.580. The molecule has 0 amide bonds. The SMILES string of the molecule is O=C(O[C@@H]1CO[C@@H](OCc2ccccc2)[C@H](O)[C@H]1O)c1ccccc1. The van der Waals surface area contributed by atoms with Crippen LogP contribution < -0.4 is 0 Å². The Morgan fingerprint density at radius 3 is 2.32 bits per heavy atom. The van der Waals surface area contributed by atoms with E-state index in [1.807, 2.05) is 30.3 Å². The van der Waals surface area contributed by atoms with E-state index in [1.54, 1.807) is 30.3 Å². The third kappa shape index (κ3) is 4.43. The second-order valence-electron chi connectivity index (χ2n) is 5.79. The van der Waals surface area contributed by atoms with E-state index in [2.05, 4.69) is 0 Å². The van der Waals surface area contributed by atoms with Crippen molar-refractivity contribution in [1.29, 1.82) is 0 Å². The van der Waals surface area contributed by atoms with E-state index < -0.39 is 30.6 Å². The van der Waals surface area contributed by atoms with E-state index in [9.17, 15) is 15.0 Å². The number of aliphatic hydroxyl groups is 2. The van der Waals surface area contributed by atoms with Gasteiger partial charge in [-0.15, -0.1) is 0 Å². The summed E-state index contributed by atoms with van der Waals surface area (Å²) < 4.78 is 16.2. The average Bonchev–Trinajstić information content (AvgIpc) is 2.66. The minimum absolute atomic E-state index is 0.0593. The largest absolute Gasteiger partial charge is 0.453 e. The summed E-state index contributed by atoms with van der Waals surface area (Å²) in [6.07, 6.45) is -4.55. The molecule has 0 unspecified atom stereocenters. The highest BCUT2D eigenvalue weighted by molar-refractivity contribution is 5.89. The normalized spacial score (nSPS) is 26.2. The van der Waals surface area contributed by atoms with Crippen molar-refractivity contribution >= 4 is 5.97 Å². The van der Waals surface area contributed by atoms with Gasteiger partial charge < -0.3 is 24.4 Å². The first kappa shape index (κ1) is 17.6. The fourth-order valence-corrected chi connectivity index (χ4v) is 2.55. The van der Waals surface area contributed by atoms with Crippen LogP contribution in [-0.4, -0.2) is 47.4 Å². The van der Waals surface area contributed by atoms with E-state index in [0.29, 0.717) is 5.56 Å². The molecule has 1 heterocycles. The van der Waals surface area contributed by atoms with Crippen LogP contribution >= 0.6 is 0 Å². The van der Waals surface area contributed by atoms with Crippen molar-refractivity contribution in [2.45, 2.75) is 31.2 Å². The predicted molar refractivity (Wildman–Crippen MR) is 88.6 cm³/mol. The molecule has 0 aromatic heterocycles. The second kappa shape index (κ2) is 8.22. The van der Waals surface area contributed by atoms with Crippen LogP contribution in [0, 0.1) is 0 Å². The van der Waals surface area contributed by atoms with E-state index in [-0.39, 0.29) is 13.2 Å². The standard InChI is InChI=1S/C19H20O6/c20-16-15(25-18(22)14-9-5-2-6-10-14)12-24-19(17(16)21)23-11-13-7-3-1-4-8-13/h1-10,15-17,19-21H,11-12H2/t15-,16+,17-,19-/m1/s1. The lowest BCUT2D eigenvalue weighted by Crippen LogP contribution is -2.55. The fourth-order valence-electron chi connectivity index (χ4n) is 2.55. The lowest BCUT2D eigenvalue weighted by molar-refractivity contribution is -0.273. The molecule has 0 bridgehead atoms. The van der Waals surface area contributed by atoms with Crippen molar-refractivity contribution in [3.63, 3.8) is 0 Å². The van der Waals surface area contributed by atoms with Gasteiger partial charge in [-0.3, -0.25) is 0 Å². The second-order valence-corrected chi connectivity index (χ2v) is 5.79. The number of esters is 1. The van der Waals surface area contributed by atoms with Crippen molar-refractivity contribution in [2.75, 3.05) is 6.61 Å². The summed E-state index contributed by atoms with van der Waals surface area (Å²) >= 11 is 0. The van der Waals surface area contributed by atoms with Gasteiger partial charge in [-0.2, -0.15) is 0 Å². The molecule has 1 aliphatic rings. The van der Waals surface area contributed by atoms with Crippen molar-refractivity contribution in [3.05, 3.63) is 71.8 Å². The zero-order valence-electron chi connectivity index (χ0n) is 13.5. The Bertz CT molecular complexity index is 675. The van der Waals surface area contributed by atoms with Gasteiger partial charge in [-0.25, -0.2) is 4.79 Å². The number of aliphatic hydroxyl groups excluding tert-OH is 2. The van der Waals surface area contributed by atoms with Gasteiger partial charge in [0, 0.05) is 0 Å². The average molecular weight is 344 g/mol. The smallest absolute Gasteiger partial charge is 0.338 e. The molecule has 1 aliphatic heterocycles.